The second kappa shape index (κ2) is 8.61. The van der Waals surface area contributed by atoms with Crippen LogP contribution in [-0.2, 0) is 4.43 Å². The molecule has 1 radical (unpaired) electrons. The van der Waals surface area contributed by atoms with Crippen molar-refractivity contribution in [3.8, 4) is 16.9 Å². The summed E-state index contributed by atoms with van der Waals surface area (Å²) in [5.74, 6) is -1.55. The molecular weight excluding hydrogens is 395 g/mol. The maximum atomic E-state index is 14.7. The first kappa shape index (κ1) is 20.8. The highest BCUT2D eigenvalue weighted by Crippen LogP contribution is 2.37. The van der Waals surface area contributed by atoms with Crippen LogP contribution in [0.4, 0.5) is 22.0 Å². The van der Waals surface area contributed by atoms with E-state index in [9.17, 15) is 22.0 Å². The van der Waals surface area contributed by atoms with Gasteiger partial charge in [-0.05, 0) is 73.2 Å². The SMILES string of the molecule is CCO[Si]1CCC(c2cc(F)c(-c3ccc(OC(F)(F)F)cc3)cc2F)CC1. The van der Waals surface area contributed by atoms with Gasteiger partial charge in [-0.15, -0.1) is 13.2 Å². The number of halogens is 5. The van der Waals surface area contributed by atoms with Crippen LogP contribution in [0.2, 0.25) is 12.1 Å². The summed E-state index contributed by atoms with van der Waals surface area (Å²) in [6.07, 6.45) is -3.26. The fourth-order valence-corrected chi connectivity index (χ4v) is 5.82. The minimum absolute atomic E-state index is 0.00897. The Labute approximate surface area is 162 Å². The summed E-state index contributed by atoms with van der Waals surface area (Å²) in [4.78, 5) is 0. The van der Waals surface area contributed by atoms with E-state index in [-0.39, 0.29) is 17.0 Å². The lowest BCUT2D eigenvalue weighted by Crippen LogP contribution is -2.24. The van der Waals surface area contributed by atoms with Gasteiger partial charge in [-0.25, -0.2) is 8.78 Å². The largest absolute Gasteiger partial charge is 0.573 e. The van der Waals surface area contributed by atoms with Crippen molar-refractivity contribution in [3.05, 3.63) is 53.6 Å². The molecule has 0 unspecified atom stereocenters. The van der Waals surface area contributed by atoms with Crippen LogP contribution in [0.25, 0.3) is 11.1 Å². The van der Waals surface area contributed by atoms with Crippen LogP contribution >= 0.6 is 0 Å². The average molecular weight is 415 g/mol. The molecule has 1 aliphatic heterocycles. The van der Waals surface area contributed by atoms with Gasteiger partial charge in [-0.2, -0.15) is 0 Å². The standard InChI is InChI=1S/C20H20F5O2Si/c1-2-26-28-9-7-14(8-10-28)17-12-18(21)16(11-19(17)22)13-3-5-15(6-4-13)27-20(23,24)25/h3-6,11-12,14H,2,7-10H2,1H3. The van der Waals surface area contributed by atoms with Gasteiger partial charge in [0, 0.05) is 12.2 Å². The molecule has 0 N–H and O–H groups in total. The number of benzene rings is 2. The topological polar surface area (TPSA) is 18.5 Å². The van der Waals surface area contributed by atoms with Crippen molar-refractivity contribution in [3.63, 3.8) is 0 Å². The molecule has 0 saturated carbocycles. The summed E-state index contributed by atoms with van der Waals surface area (Å²) >= 11 is 0. The highest BCUT2D eigenvalue weighted by molar-refractivity contribution is 6.52. The summed E-state index contributed by atoms with van der Waals surface area (Å²) in [5, 5.41) is 0. The molecule has 8 heteroatoms. The van der Waals surface area contributed by atoms with E-state index in [1.165, 1.54) is 18.2 Å². The van der Waals surface area contributed by atoms with E-state index in [2.05, 4.69) is 4.74 Å². The Bertz CT molecular complexity index is 799. The third kappa shape index (κ3) is 5.11. The molecular formula is C20H20F5O2Si. The smallest absolute Gasteiger partial charge is 0.417 e. The van der Waals surface area contributed by atoms with Gasteiger partial charge in [0.25, 0.3) is 0 Å². The third-order valence-corrected chi connectivity index (χ3v) is 7.21. The molecule has 3 rings (SSSR count). The number of ether oxygens (including phenoxy) is 1. The van der Waals surface area contributed by atoms with Crippen LogP contribution < -0.4 is 4.74 Å². The van der Waals surface area contributed by atoms with Crippen molar-refractivity contribution in [2.75, 3.05) is 6.61 Å². The number of alkyl halides is 3. The predicted molar refractivity (Wildman–Crippen MR) is 97.4 cm³/mol. The van der Waals surface area contributed by atoms with Gasteiger partial charge < -0.3 is 9.16 Å². The lowest BCUT2D eigenvalue weighted by atomic mass is 9.91. The minimum atomic E-state index is -4.80. The maximum absolute atomic E-state index is 14.7. The highest BCUT2D eigenvalue weighted by atomic mass is 28.3. The van der Waals surface area contributed by atoms with Gasteiger partial charge in [0.05, 0.1) is 0 Å². The monoisotopic (exact) mass is 415 g/mol. The Morgan fingerprint density at radius 1 is 1.00 bits per heavy atom. The van der Waals surface area contributed by atoms with E-state index in [0.29, 0.717) is 12.2 Å². The average Bonchev–Trinajstić information content (AvgIpc) is 2.64. The van der Waals surface area contributed by atoms with Crippen LogP contribution in [0, 0.1) is 11.6 Å². The fourth-order valence-electron chi connectivity index (χ4n) is 3.53. The summed E-state index contributed by atoms with van der Waals surface area (Å²) < 4.78 is 75.5. The molecule has 0 spiro atoms. The molecule has 151 valence electrons. The van der Waals surface area contributed by atoms with Gasteiger partial charge in [-0.1, -0.05) is 12.1 Å². The second-order valence-corrected chi connectivity index (χ2v) is 9.04. The van der Waals surface area contributed by atoms with Crippen molar-refractivity contribution in [1.82, 2.24) is 0 Å². The molecule has 1 aliphatic rings. The predicted octanol–water partition coefficient (Wildman–Crippen LogP) is 6.44. The third-order valence-electron chi connectivity index (χ3n) is 4.82. The van der Waals surface area contributed by atoms with Gasteiger partial charge >= 0.3 is 6.36 Å². The molecule has 0 aromatic heterocycles. The van der Waals surface area contributed by atoms with Crippen molar-refractivity contribution in [2.24, 2.45) is 0 Å². The molecule has 0 bridgehead atoms. The van der Waals surface area contributed by atoms with Gasteiger partial charge in [0.2, 0.25) is 9.04 Å². The van der Waals surface area contributed by atoms with Crippen LogP contribution in [-0.4, -0.2) is 22.0 Å². The van der Waals surface area contributed by atoms with E-state index in [1.54, 1.807) is 0 Å². The van der Waals surface area contributed by atoms with E-state index in [1.807, 2.05) is 6.92 Å². The zero-order valence-corrected chi connectivity index (χ0v) is 16.3. The van der Waals surface area contributed by atoms with E-state index >= 15 is 0 Å². The Balaban J connectivity index is 1.77. The first-order chi connectivity index (χ1) is 13.3. The van der Waals surface area contributed by atoms with E-state index < -0.39 is 32.8 Å². The van der Waals surface area contributed by atoms with Crippen molar-refractivity contribution < 1.29 is 31.1 Å². The maximum Gasteiger partial charge on any atom is 0.573 e. The molecule has 2 aromatic carbocycles. The zero-order valence-electron chi connectivity index (χ0n) is 15.3. The summed E-state index contributed by atoms with van der Waals surface area (Å²) in [5.41, 5.74) is 0.647. The molecule has 28 heavy (non-hydrogen) atoms. The molecule has 2 nitrogen and oxygen atoms in total. The summed E-state index contributed by atoms with van der Waals surface area (Å²) in [7, 11) is -0.837. The van der Waals surface area contributed by atoms with E-state index in [0.717, 1.165) is 43.1 Å². The Kier molecular flexibility index (Phi) is 6.39. The van der Waals surface area contributed by atoms with Crippen LogP contribution in [0.5, 0.6) is 5.75 Å². The molecule has 1 saturated heterocycles. The number of hydrogen-bond donors (Lipinski definition) is 0. The number of rotatable bonds is 5. The summed E-state index contributed by atoms with van der Waals surface area (Å²) in [6.45, 7) is 2.64. The summed E-state index contributed by atoms with van der Waals surface area (Å²) in [6, 6.07) is 8.85. The molecule has 0 aliphatic carbocycles. The van der Waals surface area contributed by atoms with Crippen molar-refractivity contribution in [1.29, 1.82) is 0 Å². The van der Waals surface area contributed by atoms with Crippen molar-refractivity contribution >= 4 is 9.04 Å². The van der Waals surface area contributed by atoms with Crippen LogP contribution in [0.15, 0.2) is 36.4 Å². The Hall–Kier alpha value is -1.93. The van der Waals surface area contributed by atoms with Gasteiger partial charge in [-0.3, -0.25) is 0 Å². The Morgan fingerprint density at radius 2 is 1.64 bits per heavy atom. The quantitative estimate of drug-likeness (QED) is 0.414. The van der Waals surface area contributed by atoms with E-state index in [4.69, 9.17) is 4.43 Å². The normalized spacial score (nSPS) is 16.4. The van der Waals surface area contributed by atoms with Crippen LogP contribution in [0.3, 0.4) is 0 Å². The Morgan fingerprint density at radius 3 is 2.21 bits per heavy atom. The lowest BCUT2D eigenvalue weighted by molar-refractivity contribution is -0.274. The molecule has 0 atom stereocenters. The van der Waals surface area contributed by atoms with Gasteiger partial charge in [0.1, 0.15) is 17.4 Å². The second-order valence-electron chi connectivity index (χ2n) is 6.67. The van der Waals surface area contributed by atoms with Crippen molar-refractivity contribution in [2.45, 2.75) is 44.1 Å². The first-order valence-corrected chi connectivity index (χ1v) is 10.9. The molecule has 1 fully saturated rings. The molecule has 0 amide bonds. The van der Waals surface area contributed by atoms with Crippen LogP contribution in [0.1, 0.15) is 31.2 Å². The number of hydrogen-bond acceptors (Lipinski definition) is 2. The minimum Gasteiger partial charge on any atom is -0.417 e. The van der Waals surface area contributed by atoms with Gasteiger partial charge in [0.15, 0.2) is 0 Å². The lowest BCUT2D eigenvalue weighted by Gasteiger charge is -2.27. The highest BCUT2D eigenvalue weighted by Gasteiger charge is 2.31. The molecule has 2 aromatic rings. The first-order valence-electron chi connectivity index (χ1n) is 9.09. The molecule has 1 heterocycles. The fraction of sp³-hybridized carbons (Fsp3) is 0.400. The zero-order chi connectivity index (χ0) is 20.3.